The first kappa shape index (κ1) is 19.9. The van der Waals surface area contributed by atoms with E-state index in [-0.39, 0.29) is 71.2 Å². The Morgan fingerprint density at radius 3 is 2.18 bits per heavy atom. The van der Waals surface area contributed by atoms with Crippen molar-refractivity contribution in [3.8, 4) is 0 Å². The predicted molar refractivity (Wildman–Crippen MR) is 53.5 cm³/mol. The van der Waals surface area contributed by atoms with E-state index >= 15 is 0 Å². The molecule has 1 N–H and O–H groups in total. The van der Waals surface area contributed by atoms with Crippen molar-refractivity contribution in [1.29, 1.82) is 0 Å². The van der Waals surface area contributed by atoms with Gasteiger partial charge in [-0.2, -0.15) is 8.42 Å². The quantitative estimate of drug-likeness (QED) is 0.632. The van der Waals surface area contributed by atoms with E-state index in [2.05, 4.69) is 4.18 Å². The first-order valence-electron chi connectivity index (χ1n) is 3.90. The van der Waals surface area contributed by atoms with Crippen LogP contribution in [-0.4, -0.2) is 19.7 Å². The Labute approximate surface area is 155 Å². The van der Waals surface area contributed by atoms with E-state index in [9.17, 15) is 13.2 Å². The van der Waals surface area contributed by atoms with E-state index in [1.807, 2.05) is 0 Å². The van der Waals surface area contributed by atoms with Gasteiger partial charge in [-0.3, -0.25) is 0 Å². The molecule has 17 heavy (non-hydrogen) atoms. The van der Waals surface area contributed by atoms with Crippen molar-refractivity contribution in [2.75, 3.05) is 0 Å². The van der Waals surface area contributed by atoms with Crippen molar-refractivity contribution in [3.63, 3.8) is 0 Å². The number of benzene rings is 1. The largest absolute Gasteiger partial charge is 0.521 e. The predicted octanol–water partition coefficient (Wildman–Crippen LogP) is 1.68. The Balaban J connectivity index is 0. The number of carbonyl (C=O) groups is 1. The molecule has 0 aromatic heterocycles. The van der Waals surface area contributed by atoms with Gasteiger partial charge in [0.05, 0.1) is 5.41 Å². The molecule has 0 aliphatic carbocycles. The SMILES string of the molecule is O=C(O)OS(=O)(=O)C=Cc1ccccc1.[La].[La]. The van der Waals surface area contributed by atoms with Crippen LogP contribution in [0.3, 0.4) is 0 Å². The molecule has 2 radical (unpaired) electrons. The van der Waals surface area contributed by atoms with Gasteiger partial charge in [0, 0.05) is 71.2 Å². The van der Waals surface area contributed by atoms with Gasteiger partial charge in [0.2, 0.25) is 0 Å². The smallest absolute Gasteiger partial charge is 0.449 e. The second-order valence-corrected chi connectivity index (χ2v) is 3.98. The number of carboxylic acid groups (broad SMARTS) is 1. The first-order valence-corrected chi connectivity index (χ1v) is 5.37. The van der Waals surface area contributed by atoms with Crippen molar-refractivity contribution >= 4 is 22.3 Å². The molecular weight excluding hydrogens is 498 g/mol. The van der Waals surface area contributed by atoms with Gasteiger partial charge in [0.15, 0.2) is 0 Å². The van der Waals surface area contributed by atoms with E-state index in [1.165, 1.54) is 6.08 Å². The van der Waals surface area contributed by atoms with Crippen LogP contribution >= 0.6 is 0 Å². The zero-order valence-corrected chi connectivity index (χ0v) is 16.8. The molecule has 0 aliphatic heterocycles. The van der Waals surface area contributed by atoms with Crippen LogP contribution in [0.4, 0.5) is 4.79 Å². The third kappa shape index (κ3) is 9.18. The van der Waals surface area contributed by atoms with Crippen molar-refractivity contribution in [3.05, 3.63) is 41.3 Å². The fourth-order valence-electron chi connectivity index (χ4n) is 0.853. The molecule has 0 saturated heterocycles. The topological polar surface area (TPSA) is 80.7 Å². The van der Waals surface area contributed by atoms with Gasteiger partial charge >= 0.3 is 16.3 Å². The van der Waals surface area contributed by atoms with Crippen LogP contribution in [0.15, 0.2) is 35.7 Å². The van der Waals surface area contributed by atoms with Crippen molar-refractivity contribution < 1.29 is 93.7 Å². The third-order valence-electron chi connectivity index (χ3n) is 1.41. The van der Waals surface area contributed by atoms with E-state index < -0.39 is 16.3 Å². The van der Waals surface area contributed by atoms with Crippen molar-refractivity contribution in [1.82, 2.24) is 0 Å². The minimum atomic E-state index is -4.16. The average Bonchev–Trinajstić information content (AvgIpc) is 2.15. The summed E-state index contributed by atoms with van der Waals surface area (Å²) in [7, 11) is -4.16. The summed E-state index contributed by atoms with van der Waals surface area (Å²) in [5.74, 6) is 0. The zero-order valence-electron chi connectivity index (χ0n) is 8.68. The summed E-state index contributed by atoms with van der Waals surface area (Å²) < 4.78 is 25.5. The minimum absolute atomic E-state index is 0. The van der Waals surface area contributed by atoms with Crippen LogP contribution in [-0.2, 0) is 14.3 Å². The Morgan fingerprint density at radius 1 is 1.18 bits per heavy atom. The molecule has 1 aromatic rings. The molecule has 1 aromatic carbocycles. The molecule has 0 amide bonds. The number of rotatable bonds is 3. The van der Waals surface area contributed by atoms with Gasteiger partial charge in [-0.05, 0) is 11.6 Å². The number of hydrogen-bond donors (Lipinski definition) is 1. The molecule has 5 nitrogen and oxygen atoms in total. The Hall–Kier alpha value is 0.570. The Kier molecular flexibility index (Phi) is 11.1. The van der Waals surface area contributed by atoms with Gasteiger partial charge < -0.3 is 9.29 Å². The second-order valence-electron chi connectivity index (χ2n) is 2.56. The van der Waals surface area contributed by atoms with Crippen LogP contribution in [0.5, 0.6) is 0 Å². The molecule has 0 unspecified atom stereocenters. The van der Waals surface area contributed by atoms with Gasteiger partial charge in [-0.1, -0.05) is 30.3 Å². The Morgan fingerprint density at radius 2 is 1.71 bits per heavy atom. The summed E-state index contributed by atoms with van der Waals surface area (Å²) in [5, 5.41) is 8.80. The van der Waals surface area contributed by atoms with Gasteiger partial charge in [-0.15, -0.1) is 0 Å². The summed E-state index contributed by atoms with van der Waals surface area (Å²) in [6.45, 7) is 0. The van der Waals surface area contributed by atoms with E-state index in [4.69, 9.17) is 5.11 Å². The monoisotopic (exact) mass is 506 g/mol. The second kappa shape index (κ2) is 9.49. The van der Waals surface area contributed by atoms with E-state index in [0.717, 1.165) is 0 Å². The summed E-state index contributed by atoms with van der Waals surface area (Å²) >= 11 is 0. The van der Waals surface area contributed by atoms with Crippen LogP contribution in [0.25, 0.3) is 6.08 Å². The fraction of sp³-hybridized carbons (Fsp3) is 0. The molecule has 0 spiro atoms. The standard InChI is InChI=1S/C9H8O5S.2La/c10-9(11)14-15(12,13)7-6-8-4-2-1-3-5-8;;/h1-7H,(H,10,11);;. The molecule has 0 heterocycles. The number of hydrogen-bond acceptors (Lipinski definition) is 4. The maximum atomic E-state index is 10.9. The van der Waals surface area contributed by atoms with Crippen LogP contribution in [0, 0.1) is 71.2 Å². The molecule has 0 fully saturated rings. The van der Waals surface area contributed by atoms with Gasteiger partial charge in [-0.25, -0.2) is 4.79 Å². The maximum Gasteiger partial charge on any atom is 0.521 e. The summed E-state index contributed by atoms with van der Waals surface area (Å²) in [4.78, 5) is 9.99. The van der Waals surface area contributed by atoms with Crippen LogP contribution in [0.2, 0.25) is 0 Å². The molecule has 86 valence electrons. The van der Waals surface area contributed by atoms with E-state index in [1.54, 1.807) is 30.3 Å². The van der Waals surface area contributed by atoms with Crippen molar-refractivity contribution in [2.45, 2.75) is 0 Å². The molecule has 0 saturated carbocycles. The third-order valence-corrected chi connectivity index (χ3v) is 2.26. The maximum absolute atomic E-state index is 10.9. The normalized spacial score (nSPS) is 10.1. The van der Waals surface area contributed by atoms with Crippen LogP contribution < -0.4 is 0 Å². The molecule has 0 aliphatic rings. The summed E-state index contributed by atoms with van der Waals surface area (Å²) in [6.07, 6.45) is -0.606. The summed E-state index contributed by atoms with van der Waals surface area (Å²) in [6, 6.07) is 8.58. The zero-order chi connectivity index (χ0) is 11.3. The summed E-state index contributed by atoms with van der Waals surface area (Å²) in [5.41, 5.74) is 0.634. The molecular formula is C9H8La2O5S. The minimum Gasteiger partial charge on any atom is -0.449 e. The molecule has 1 rings (SSSR count). The van der Waals surface area contributed by atoms with Gasteiger partial charge in [0.1, 0.15) is 0 Å². The fourth-order valence-corrected chi connectivity index (χ4v) is 1.43. The van der Waals surface area contributed by atoms with Gasteiger partial charge in [0.25, 0.3) is 0 Å². The van der Waals surface area contributed by atoms with E-state index in [0.29, 0.717) is 11.0 Å². The van der Waals surface area contributed by atoms with Crippen LogP contribution in [0.1, 0.15) is 5.56 Å². The van der Waals surface area contributed by atoms with Crippen molar-refractivity contribution in [2.24, 2.45) is 0 Å². The Bertz CT molecular complexity index is 469. The first-order chi connectivity index (χ1) is 6.99. The molecule has 8 heteroatoms. The molecule has 0 atom stereocenters. The average molecular weight is 506 g/mol. The molecule has 0 bridgehead atoms.